The zero-order chi connectivity index (χ0) is 16.8. The number of ketones is 1. The molecule has 5 rings (SSSR count). The van der Waals surface area contributed by atoms with Gasteiger partial charge in [-0.25, -0.2) is 0 Å². The van der Waals surface area contributed by atoms with Crippen LogP contribution in [0.15, 0.2) is 6.07 Å². The van der Waals surface area contributed by atoms with Crippen molar-refractivity contribution in [3.63, 3.8) is 0 Å². The zero-order valence-corrected chi connectivity index (χ0v) is 14.0. The van der Waals surface area contributed by atoms with E-state index in [0.29, 0.717) is 29.2 Å². The third kappa shape index (κ3) is 1.49. The molecule has 1 saturated heterocycles. The molecule has 7 heteroatoms. The second kappa shape index (κ2) is 4.49. The molecule has 0 radical (unpaired) electrons. The van der Waals surface area contributed by atoms with Crippen molar-refractivity contribution in [3.05, 3.63) is 32.3 Å². The minimum Gasteiger partial charge on any atom is -0.474 e. The molecule has 0 N–H and O–H groups in total. The van der Waals surface area contributed by atoms with Gasteiger partial charge in [0.2, 0.25) is 5.75 Å². The van der Waals surface area contributed by atoms with Gasteiger partial charge in [0.05, 0.1) is 9.95 Å². The number of likely N-dealkylation sites (N-methyl/N-ethyl adjacent to an activating group) is 1. The first-order valence-electron chi connectivity index (χ1n) is 8.35. The maximum Gasteiger partial charge on any atom is 0.312 e. The summed E-state index contributed by atoms with van der Waals surface area (Å²) in [7, 11) is 2.12. The number of nitro benzene ring substituents is 1. The number of carbonyl (C=O) groups is 1. The van der Waals surface area contributed by atoms with Crippen molar-refractivity contribution < 1.29 is 14.5 Å². The Bertz CT molecular complexity index is 810. The van der Waals surface area contributed by atoms with Gasteiger partial charge in [0.15, 0.2) is 11.9 Å². The monoisotopic (exact) mass is 348 g/mol. The Balaban J connectivity index is 1.86. The minimum absolute atomic E-state index is 0.0732. The number of hydrogen-bond acceptors (Lipinski definition) is 5. The normalized spacial score (nSPS) is 36.2. The van der Waals surface area contributed by atoms with Crippen LogP contribution in [-0.2, 0) is 16.6 Å². The lowest BCUT2D eigenvalue weighted by atomic mass is 9.51. The van der Waals surface area contributed by atoms with Crippen LogP contribution in [0.4, 0.5) is 5.69 Å². The van der Waals surface area contributed by atoms with Gasteiger partial charge in [-0.15, -0.1) is 0 Å². The van der Waals surface area contributed by atoms with Crippen LogP contribution >= 0.6 is 11.6 Å². The van der Waals surface area contributed by atoms with Crippen molar-refractivity contribution in [2.45, 2.75) is 43.2 Å². The quantitative estimate of drug-likeness (QED) is 0.576. The van der Waals surface area contributed by atoms with Crippen LogP contribution < -0.4 is 4.74 Å². The smallest absolute Gasteiger partial charge is 0.312 e. The number of Topliss-reactive ketones (excluding diaryl/α,β-unsaturated/α-hetero) is 1. The van der Waals surface area contributed by atoms with Crippen molar-refractivity contribution in [2.24, 2.45) is 5.92 Å². The van der Waals surface area contributed by atoms with Gasteiger partial charge in [0.1, 0.15) is 0 Å². The topological polar surface area (TPSA) is 72.7 Å². The van der Waals surface area contributed by atoms with Gasteiger partial charge >= 0.3 is 5.69 Å². The van der Waals surface area contributed by atoms with E-state index in [9.17, 15) is 14.9 Å². The summed E-state index contributed by atoms with van der Waals surface area (Å²) in [5.74, 6) is 0.669. The summed E-state index contributed by atoms with van der Waals surface area (Å²) in [6.07, 6.45) is 2.29. The van der Waals surface area contributed by atoms with Crippen molar-refractivity contribution in [1.29, 1.82) is 0 Å². The summed E-state index contributed by atoms with van der Waals surface area (Å²) in [6, 6.07) is 1.71. The van der Waals surface area contributed by atoms with Crippen LogP contribution in [0, 0.1) is 16.0 Å². The molecule has 2 fully saturated rings. The van der Waals surface area contributed by atoms with Crippen molar-refractivity contribution in [3.8, 4) is 5.75 Å². The molecule has 1 aromatic carbocycles. The first kappa shape index (κ1) is 14.7. The fourth-order valence-electron chi connectivity index (χ4n) is 5.70. The molecule has 2 aliphatic heterocycles. The molecule has 0 aromatic heterocycles. The number of benzene rings is 1. The lowest BCUT2D eigenvalue weighted by Crippen LogP contribution is -2.65. The molecule has 1 spiro atoms. The van der Waals surface area contributed by atoms with Gasteiger partial charge in [-0.3, -0.25) is 14.9 Å². The Morgan fingerprint density at radius 2 is 2.29 bits per heavy atom. The maximum absolute atomic E-state index is 12.6. The predicted molar refractivity (Wildman–Crippen MR) is 86.7 cm³/mol. The lowest BCUT2D eigenvalue weighted by Gasteiger charge is -2.57. The van der Waals surface area contributed by atoms with Crippen molar-refractivity contribution >= 4 is 23.1 Å². The van der Waals surface area contributed by atoms with Gasteiger partial charge in [-0.05, 0) is 44.3 Å². The predicted octanol–water partition coefficient (Wildman–Crippen LogP) is 2.49. The summed E-state index contributed by atoms with van der Waals surface area (Å²) < 4.78 is 6.01. The van der Waals surface area contributed by atoms with Gasteiger partial charge < -0.3 is 9.64 Å². The van der Waals surface area contributed by atoms with Gasteiger partial charge in [0, 0.05) is 29.5 Å². The molecule has 0 unspecified atom stereocenters. The molecular weight excluding hydrogens is 332 g/mol. The number of halogens is 1. The Morgan fingerprint density at radius 1 is 1.50 bits per heavy atom. The number of nitrogens with zero attached hydrogens (tertiary/aromatic N) is 2. The van der Waals surface area contributed by atoms with E-state index in [-0.39, 0.29) is 11.5 Å². The Morgan fingerprint density at radius 3 is 3.04 bits per heavy atom. The van der Waals surface area contributed by atoms with Crippen molar-refractivity contribution in [1.82, 2.24) is 4.90 Å². The van der Waals surface area contributed by atoms with Crippen LogP contribution in [0.25, 0.3) is 0 Å². The van der Waals surface area contributed by atoms with Crippen molar-refractivity contribution in [2.75, 3.05) is 13.6 Å². The molecular formula is C17H17ClN2O4. The van der Waals surface area contributed by atoms with E-state index in [1.807, 2.05) is 0 Å². The van der Waals surface area contributed by atoms with Crippen LogP contribution in [0.3, 0.4) is 0 Å². The molecule has 126 valence electrons. The molecule has 2 heterocycles. The van der Waals surface area contributed by atoms with Crippen LogP contribution in [-0.4, -0.2) is 41.3 Å². The number of piperidine rings is 1. The molecule has 1 saturated carbocycles. The third-order valence-electron chi connectivity index (χ3n) is 6.66. The Kier molecular flexibility index (Phi) is 2.74. The summed E-state index contributed by atoms with van der Waals surface area (Å²) in [5.41, 5.74) is 1.29. The second-order valence-electron chi connectivity index (χ2n) is 7.47. The average molecular weight is 349 g/mol. The molecule has 2 bridgehead atoms. The SMILES string of the molecule is CN1CC[C@]23c4c5c(Cl)cc([N+](=O)[O-])c4O[C@H]2C(=O)CC[C@H]3[C@H]1C5. The van der Waals surface area contributed by atoms with Crippen LogP contribution in [0.5, 0.6) is 5.75 Å². The molecule has 0 amide bonds. The van der Waals surface area contributed by atoms with E-state index < -0.39 is 16.4 Å². The summed E-state index contributed by atoms with van der Waals surface area (Å²) in [4.78, 5) is 26.0. The fourth-order valence-corrected chi connectivity index (χ4v) is 5.97. The minimum atomic E-state index is -0.585. The zero-order valence-electron chi connectivity index (χ0n) is 13.3. The molecule has 4 aliphatic rings. The summed E-state index contributed by atoms with van der Waals surface area (Å²) in [6.45, 7) is 0.869. The summed E-state index contributed by atoms with van der Waals surface area (Å²) >= 11 is 6.44. The third-order valence-corrected chi connectivity index (χ3v) is 6.99. The number of hydrogen-bond donors (Lipinski definition) is 0. The number of nitro groups is 1. The highest BCUT2D eigenvalue weighted by atomic mass is 35.5. The average Bonchev–Trinajstić information content (AvgIpc) is 2.88. The number of carbonyl (C=O) groups excluding carboxylic acids is 1. The van der Waals surface area contributed by atoms with E-state index >= 15 is 0 Å². The van der Waals surface area contributed by atoms with Gasteiger partial charge in [-0.1, -0.05) is 11.6 Å². The molecule has 6 nitrogen and oxygen atoms in total. The highest BCUT2D eigenvalue weighted by Gasteiger charge is 2.66. The Labute approximate surface area is 143 Å². The fraction of sp³-hybridized carbons (Fsp3) is 0.588. The maximum atomic E-state index is 12.6. The first-order chi connectivity index (χ1) is 11.4. The summed E-state index contributed by atoms with van der Waals surface area (Å²) in [5, 5.41) is 11.9. The van der Waals surface area contributed by atoms with Gasteiger partial charge in [-0.2, -0.15) is 0 Å². The highest BCUT2D eigenvalue weighted by molar-refractivity contribution is 6.32. The number of likely N-dealkylation sites (tertiary alicyclic amines) is 1. The van der Waals surface area contributed by atoms with E-state index in [2.05, 4.69) is 11.9 Å². The second-order valence-corrected chi connectivity index (χ2v) is 7.88. The Hall–Kier alpha value is -1.66. The van der Waals surface area contributed by atoms with E-state index in [4.69, 9.17) is 16.3 Å². The first-order valence-corrected chi connectivity index (χ1v) is 8.73. The molecule has 24 heavy (non-hydrogen) atoms. The molecule has 1 aromatic rings. The number of rotatable bonds is 1. The lowest BCUT2D eigenvalue weighted by molar-refractivity contribution is -0.385. The van der Waals surface area contributed by atoms with Crippen LogP contribution in [0.1, 0.15) is 30.4 Å². The van der Waals surface area contributed by atoms with E-state index in [1.165, 1.54) is 6.07 Å². The molecule has 4 atom stereocenters. The molecule has 2 aliphatic carbocycles. The highest BCUT2D eigenvalue weighted by Crippen LogP contribution is 2.63. The standard InChI is InChI=1S/C17H17ClN2O4/c1-19-5-4-17-9-2-3-13(21)16(17)24-15-12(20(22)23)7-10(18)8(14(15)17)6-11(9)19/h7,9,11,16H,2-6H2,1H3/t9-,11+,16-,17-/m0/s1. The van der Waals surface area contributed by atoms with Crippen LogP contribution in [0.2, 0.25) is 5.02 Å². The van der Waals surface area contributed by atoms with Gasteiger partial charge in [0.25, 0.3) is 0 Å². The largest absolute Gasteiger partial charge is 0.474 e. The van der Waals surface area contributed by atoms with E-state index in [0.717, 1.165) is 36.9 Å². The van der Waals surface area contributed by atoms with E-state index in [1.54, 1.807) is 0 Å². The number of ether oxygens (including phenoxy) is 1.